The number of allylic oxidation sites excluding steroid dienone is 2. The molecule has 0 amide bonds. The first-order valence-electron chi connectivity index (χ1n) is 10.6. The summed E-state index contributed by atoms with van der Waals surface area (Å²) in [5.74, 6) is -0.656. The summed E-state index contributed by atoms with van der Waals surface area (Å²) in [5.41, 5.74) is 2.96. The minimum absolute atomic E-state index is 0.145. The van der Waals surface area contributed by atoms with Gasteiger partial charge in [0.1, 0.15) is 17.2 Å². The molecule has 2 rings (SSSR count). The Labute approximate surface area is 189 Å². The SMILES string of the molecule is CC(C)=CCc1cc(/C=C/C(=O)OC(C)(C)C)ccc1OC(=O)CCc1cccc(F)c1. The number of aryl methyl sites for hydroxylation is 1. The number of rotatable bonds is 8. The van der Waals surface area contributed by atoms with Crippen LogP contribution in [0.4, 0.5) is 4.39 Å². The number of ether oxygens (including phenoxy) is 2. The van der Waals surface area contributed by atoms with Gasteiger partial charge in [-0.2, -0.15) is 0 Å². The second-order valence-electron chi connectivity index (χ2n) is 8.82. The topological polar surface area (TPSA) is 52.6 Å². The Kier molecular flexibility index (Phi) is 8.94. The van der Waals surface area contributed by atoms with Gasteiger partial charge in [-0.1, -0.05) is 29.8 Å². The molecule has 5 heteroatoms. The second-order valence-corrected chi connectivity index (χ2v) is 8.82. The van der Waals surface area contributed by atoms with Crippen molar-refractivity contribution in [2.75, 3.05) is 0 Å². The van der Waals surface area contributed by atoms with Crippen molar-refractivity contribution >= 4 is 18.0 Å². The van der Waals surface area contributed by atoms with E-state index < -0.39 is 11.6 Å². The van der Waals surface area contributed by atoms with Crippen molar-refractivity contribution in [1.82, 2.24) is 0 Å². The largest absolute Gasteiger partial charge is 0.457 e. The monoisotopic (exact) mass is 438 g/mol. The Morgan fingerprint density at radius 1 is 1.06 bits per heavy atom. The van der Waals surface area contributed by atoms with E-state index in [0.29, 0.717) is 18.6 Å². The van der Waals surface area contributed by atoms with Gasteiger partial charge >= 0.3 is 11.9 Å². The molecule has 170 valence electrons. The van der Waals surface area contributed by atoms with Gasteiger partial charge in [0.2, 0.25) is 0 Å². The van der Waals surface area contributed by atoms with E-state index in [0.717, 1.165) is 22.3 Å². The average molecular weight is 439 g/mol. The van der Waals surface area contributed by atoms with Gasteiger partial charge in [0.25, 0.3) is 0 Å². The van der Waals surface area contributed by atoms with E-state index in [1.54, 1.807) is 30.3 Å². The van der Waals surface area contributed by atoms with E-state index in [2.05, 4.69) is 0 Å². The Morgan fingerprint density at radius 2 is 1.81 bits per heavy atom. The molecule has 0 unspecified atom stereocenters. The number of hydrogen-bond donors (Lipinski definition) is 0. The molecule has 0 radical (unpaired) electrons. The van der Waals surface area contributed by atoms with E-state index in [9.17, 15) is 14.0 Å². The summed E-state index contributed by atoms with van der Waals surface area (Å²) < 4.78 is 24.2. The van der Waals surface area contributed by atoms with Crippen LogP contribution in [0.3, 0.4) is 0 Å². The van der Waals surface area contributed by atoms with Crippen molar-refractivity contribution < 1.29 is 23.5 Å². The maximum absolute atomic E-state index is 13.3. The predicted molar refractivity (Wildman–Crippen MR) is 125 cm³/mol. The van der Waals surface area contributed by atoms with Crippen molar-refractivity contribution in [2.24, 2.45) is 0 Å². The number of hydrogen-bond acceptors (Lipinski definition) is 4. The van der Waals surface area contributed by atoms with Crippen LogP contribution < -0.4 is 4.74 Å². The molecule has 0 aromatic heterocycles. The van der Waals surface area contributed by atoms with Crippen LogP contribution in [-0.4, -0.2) is 17.5 Å². The summed E-state index contributed by atoms with van der Waals surface area (Å²) in [5, 5.41) is 0. The van der Waals surface area contributed by atoms with Gasteiger partial charge in [-0.25, -0.2) is 9.18 Å². The van der Waals surface area contributed by atoms with Crippen LogP contribution in [0, 0.1) is 5.82 Å². The number of benzene rings is 2. The summed E-state index contributed by atoms with van der Waals surface area (Å²) in [6, 6.07) is 11.6. The van der Waals surface area contributed by atoms with Gasteiger partial charge in [0, 0.05) is 12.5 Å². The Balaban J connectivity index is 2.12. The first kappa shape index (κ1) is 25.1. The second kappa shape index (κ2) is 11.4. The third kappa shape index (κ3) is 9.29. The lowest BCUT2D eigenvalue weighted by Crippen LogP contribution is -2.22. The third-order valence-electron chi connectivity index (χ3n) is 4.36. The fourth-order valence-electron chi connectivity index (χ4n) is 2.89. The zero-order valence-electron chi connectivity index (χ0n) is 19.4. The molecule has 2 aromatic rings. The van der Waals surface area contributed by atoms with Crippen LogP contribution in [0.1, 0.15) is 57.7 Å². The zero-order chi connectivity index (χ0) is 23.7. The van der Waals surface area contributed by atoms with Crippen LogP contribution in [0.15, 0.2) is 60.2 Å². The summed E-state index contributed by atoms with van der Waals surface area (Å²) in [6.07, 6.45) is 6.23. The van der Waals surface area contributed by atoms with Gasteiger partial charge < -0.3 is 9.47 Å². The molecule has 0 aliphatic rings. The molecule has 32 heavy (non-hydrogen) atoms. The first-order chi connectivity index (χ1) is 15.0. The predicted octanol–water partition coefficient (Wildman–Crippen LogP) is 6.23. The van der Waals surface area contributed by atoms with E-state index in [4.69, 9.17) is 9.47 Å². The molecule has 0 N–H and O–H groups in total. The molecule has 0 atom stereocenters. The molecule has 0 saturated heterocycles. The molecule has 0 saturated carbocycles. The van der Waals surface area contributed by atoms with Crippen molar-refractivity contribution in [3.63, 3.8) is 0 Å². The van der Waals surface area contributed by atoms with Crippen LogP contribution >= 0.6 is 0 Å². The smallest absolute Gasteiger partial charge is 0.331 e. The summed E-state index contributed by atoms with van der Waals surface area (Å²) in [6.45, 7) is 9.43. The molecule has 0 fully saturated rings. The van der Waals surface area contributed by atoms with Gasteiger partial charge in [0.15, 0.2) is 0 Å². The number of carbonyl (C=O) groups is 2. The van der Waals surface area contributed by atoms with Gasteiger partial charge in [-0.05, 0) is 94.5 Å². The minimum Gasteiger partial charge on any atom is -0.457 e. The fraction of sp³-hybridized carbons (Fsp3) is 0.333. The lowest BCUT2D eigenvalue weighted by Gasteiger charge is -2.17. The Hall–Kier alpha value is -3.21. The Morgan fingerprint density at radius 3 is 2.47 bits per heavy atom. The van der Waals surface area contributed by atoms with Gasteiger partial charge in [0.05, 0.1) is 0 Å². The van der Waals surface area contributed by atoms with Crippen LogP contribution in [0.5, 0.6) is 5.75 Å². The number of esters is 2. The van der Waals surface area contributed by atoms with Crippen molar-refractivity contribution in [2.45, 2.75) is 59.5 Å². The van der Waals surface area contributed by atoms with E-state index in [1.807, 2.05) is 46.8 Å². The van der Waals surface area contributed by atoms with Crippen LogP contribution in [0.25, 0.3) is 6.08 Å². The highest BCUT2D eigenvalue weighted by Crippen LogP contribution is 2.23. The third-order valence-corrected chi connectivity index (χ3v) is 4.36. The molecule has 2 aromatic carbocycles. The highest BCUT2D eigenvalue weighted by molar-refractivity contribution is 5.87. The highest BCUT2D eigenvalue weighted by Gasteiger charge is 2.14. The highest BCUT2D eigenvalue weighted by atomic mass is 19.1. The van der Waals surface area contributed by atoms with Crippen molar-refractivity contribution in [1.29, 1.82) is 0 Å². The van der Waals surface area contributed by atoms with Crippen LogP contribution in [-0.2, 0) is 27.2 Å². The van der Waals surface area contributed by atoms with Crippen molar-refractivity contribution in [3.05, 3.63) is 82.7 Å². The summed E-state index contributed by atoms with van der Waals surface area (Å²) in [7, 11) is 0. The zero-order valence-corrected chi connectivity index (χ0v) is 19.4. The normalized spacial score (nSPS) is 11.3. The van der Waals surface area contributed by atoms with E-state index in [-0.39, 0.29) is 18.2 Å². The van der Waals surface area contributed by atoms with Gasteiger partial charge in [-0.15, -0.1) is 0 Å². The standard InChI is InChI=1S/C27H31FO4/c1-19(2)9-13-22-17-21(12-16-26(30)32-27(3,4)5)10-14-24(22)31-25(29)15-11-20-7-6-8-23(28)18-20/h6-10,12,14,16-18H,11,13,15H2,1-5H3/b16-12+. The molecule has 4 nitrogen and oxygen atoms in total. The molecule has 0 aliphatic heterocycles. The minimum atomic E-state index is -0.556. The van der Waals surface area contributed by atoms with E-state index >= 15 is 0 Å². The molecule has 0 spiro atoms. The summed E-state index contributed by atoms with van der Waals surface area (Å²) in [4.78, 5) is 24.3. The quantitative estimate of drug-likeness (QED) is 0.212. The lowest BCUT2D eigenvalue weighted by atomic mass is 10.0. The number of halogens is 1. The molecular weight excluding hydrogens is 407 g/mol. The van der Waals surface area contributed by atoms with Crippen molar-refractivity contribution in [3.8, 4) is 5.75 Å². The molecule has 0 aliphatic carbocycles. The van der Waals surface area contributed by atoms with Gasteiger partial charge in [-0.3, -0.25) is 4.79 Å². The Bertz CT molecular complexity index is 1010. The molecule has 0 heterocycles. The summed E-state index contributed by atoms with van der Waals surface area (Å²) >= 11 is 0. The van der Waals surface area contributed by atoms with Crippen LogP contribution in [0.2, 0.25) is 0 Å². The number of carbonyl (C=O) groups excluding carboxylic acids is 2. The fourth-order valence-corrected chi connectivity index (χ4v) is 2.89. The maximum atomic E-state index is 13.3. The molecular formula is C27H31FO4. The lowest BCUT2D eigenvalue weighted by molar-refractivity contribution is -0.148. The van der Waals surface area contributed by atoms with E-state index in [1.165, 1.54) is 18.2 Å². The average Bonchev–Trinajstić information content (AvgIpc) is 2.69. The first-order valence-corrected chi connectivity index (χ1v) is 10.6. The molecule has 0 bridgehead atoms. The maximum Gasteiger partial charge on any atom is 0.331 e.